The number of nitrogens with two attached hydrogens (primary N) is 2. The molecular formula is C16H14B2N6O5. The van der Waals surface area contributed by atoms with Gasteiger partial charge in [-0.05, 0) is 24.3 Å². The average molecular weight is 392 g/mol. The summed E-state index contributed by atoms with van der Waals surface area (Å²) in [7, 11) is -2.79. The highest BCUT2D eigenvalue weighted by Gasteiger charge is 2.42. The molecule has 2 heterocycles. The minimum absolute atomic E-state index is 0.285. The molecule has 2 aromatic rings. The number of rotatable bonds is 2. The summed E-state index contributed by atoms with van der Waals surface area (Å²) >= 11 is 0. The fourth-order valence-corrected chi connectivity index (χ4v) is 2.39. The summed E-state index contributed by atoms with van der Waals surface area (Å²) in [4.78, 5) is 0. The molecule has 0 bridgehead atoms. The van der Waals surface area contributed by atoms with Crippen LogP contribution in [-0.4, -0.2) is 39.1 Å². The van der Waals surface area contributed by atoms with Gasteiger partial charge in [0.1, 0.15) is 11.5 Å². The first kappa shape index (κ1) is 18.4. The minimum atomic E-state index is -1.40. The smallest absolute Gasteiger partial charge is 0.501 e. The van der Waals surface area contributed by atoms with E-state index in [0.29, 0.717) is 22.6 Å². The Hall–Kier alpha value is -3.99. The van der Waals surface area contributed by atoms with Gasteiger partial charge in [0.25, 0.3) is 12.0 Å². The third-order valence-corrected chi connectivity index (χ3v) is 3.65. The molecule has 0 saturated heterocycles. The molecule has 0 amide bonds. The summed E-state index contributed by atoms with van der Waals surface area (Å²) < 4.78 is 27.9. The third kappa shape index (κ3) is 4.65. The molecule has 4 N–H and O–H groups in total. The van der Waals surface area contributed by atoms with E-state index in [-0.39, 0.29) is 12.0 Å². The van der Waals surface area contributed by atoms with Crippen molar-refractivity contribution in [2.24, 2.45) is 31.9 Å². The number of nitrogens with zero attached hydrogens (tertiary/aromatic N) is 4. The van der Waals surface area contributed by atoms with Crippen molar-refractivity contribution in [1.29, 1.82) is 0 Å². The van der Waals surface area contributed by atoms with Crippen molar-refractivity contribution in [3.05, 3.63) is 59.7 Å². The van der Waals surface area contributed by atoms with E-state index < -0.39 is 14.6 Å². The maximum atomic E-state index is 5.75. The third-order valence-electron chi connectivity index (χ3n) is 3.65. The first-order valence-electron chi connectivity index (χ1n) is 8.40. The molecule has 2 aliphatic rings. The van der Waals surface area contributed by atoms with E-state index in [1.54, 1.807) is 36.4 Å². The van der Waals surface area contributed by atoms with Crippen molar-refractivity contribution in [2.75, 3.05) is 0 Å². The molecule has 0 radical (unpaired) electrons. The van der Waals surface area contributed by atoms with Crippen LogP contribution in [0.3, 0.4) is 0 Å². The second-order valence-corrected chi connectivity index (χ2v) is 5.63. The molecule has 2 aromatic carbocycles. The van der Waals surface area contributed by atoms with Gasteiger partial charge in [-0.3, -0.25) is 0 Å². The molecule has 144 valence electrons. The van der Waals surface area contributed by atoms with Crippen LogP contribution in [0.25, 0.3) is 0 Å². The quantitative estimate of drug-likeness (QED) is 0.707. The van der Waals surface area contributed by atoms with Crippen LogP contribution in [0, 0.1) is 0 Å². The number of para-hydroxylation sites is 2. The Balaban J connectivity index is 1.60. The highest BCUT2D eigenvalue weighted by atomic mass is 16.8. The summed E-state index contributed by atoms with van der Waals surface area (Å²) in [5.41, 5.74) is 12.7. The summed E-state index contributed by atoms with van der Waals surface area (Å²) in [5.74, 6) is 0.833. The molecule has 0 spiro atoms. The van der Waals surface area contributed by atoms with Crippen molar-refractivity contribution in [2.45, 2.75) is 0 Å². The van der Waals surface area contributed by atoms with Crippen LogP contribution in [0.15, 0.2) is 68.9 Å². The Kier molecular flexibility index (Phi) is 5.29. The summed E-state index contributed by atoms with van der Waals surface area (Å²) in [6.45, 7) is 0. The van der Waals surface area contributed by atoms with Gasteiger partial charge in [-0.15, -0.1) is 0 Å². The number of fused-ring (bicyclic) bond motifs is 2. The predicted molar refractivity (Wildman–Crippen MR) is 107 cm³/mol. The van der Waals surface area contributed by atoms with Gasteiger partial charge in [0.2, 0.25) is 0 Å². The predicted octanol–water partition coefficient (Wildman–Crippen LogP) is 0.488. The molecular weight excluding hydrogens is 378 g/mol. The first-order valence-corrected chi connectivity index (χ1v) is 8.40. The van der Waals surface area contributed by atoms with Crippen LogP contribution >= 0.6 is 0 Å². The Morgan fingerprint density at radius 2 is 1.10 bits per heavy atom. The number of amidine groups is 2. The van der Waals surface area contributed by atoms with Gasteiger partial charge < -0.3 is 34.7 Å². The van der Waals surface area contributed by atoms with Crippen LogP contribution in [0.2, 0.25) is 0 Å². The highest BCUT2D eigenvalue weighted by Crippen LogP contribution is 2.21. The fourth-order valence-electron chi connectivity index (χ4n) is 2.39. The van der Waals surface area contributed by atoms with Crippen LogP contribution in [-0.2, 0) is 13.9 Å². The van der Waals surface area contributed by atoms with Gasteiger partial charge in [-0.25, -0.2) is 0 Å². The minimum Gasteiger partial charge on any atom is -0.501 e. The van der Waals surface area contributed by atoms with E-state index in [0.717, 1.165) is 0 Å². The lowest BCUT2D eigenvalue weighted by Crippen LogP contribution is -2.46. The van der Waals surface area contributed by atoms with E-state index in [4.69, 9.17) is 34.7 Å². The molecule has 4 rings (SSSR count). The molecule has 0 fully saturated rings. The van der Waals surface area contributed by atoms with Gasteiger partial charge in [0, 0.05) is 11.1 Å². The Morgan fingerprint density at radius 3 is 1.59 bits per heavy atom. The zero-order valence-corrected chi connectivity index (χ0v) is 14.9. The Bertz CT molecular complexity index is 935. The monoisotopic (exact) mass is 392 g/mol. The van der Waals surface area contributed by atoms with Crippen LogP contribution in [0.5, 0.6) is 11.5 Å². The van der Waals surface area contributed by atoms with Gasteiger partial charge >= 0.3 is 14.6 Å². The lowest BCUT2D eigenvalue weighted by molar-refractivity contribution is 0.228. The van der Waals surface area contributed by atoms with Crippen molar-refractivity contribution in [3.8, 4) is 11.5 Å². The summed E-state index contributed by atoms with van der Waals surface area (Å²) in [6.07, 6.45) is 2.94. The average Bonchev–Trinajstić information content (AvgIpc) is 2.82. The second-order valence-electron chi connectivity index (χ2n) is 5.63. The normalized spacial score (nSPS) is 15.7. The first-order chi connectivity index (χ1) is 14.2. The van der Waals surface area contributed by atoms with Gasteiger partial charge in [0.05, 0.1) is 12.4 Å². The van der Waals surface area contributed by atoms with Crippen molar-refractivity contribution in [1.82, 2.24) is 0 Å². The van der Waals surface area contributed by atoms with Gasteiger partial charge in [-0.2, -0.15) is 10.2 Å². The van der Waals surface area contributed by atoms with E-state index in [9.17, 15) is 0 Å². The second kappa shape index (κ2) is 8.35. The molecule has 29 heavy (non-hydrogen) atoms. The van der Waals surface area contributed by atoms with Crippen LogP contribution in [0.1, 0.15) is 11.1 Å². The molecule has 0 saturated carbocycles. The molecule has 0 aromatic heterocycles. The molecule has 0 aliphatic carbocycles. The molecule has 0 unspecified atom stereocenters. The SMILES string of the molecule is NC1=NN=Cc2ccccc2OB(OB2OC(N)=NN=Cc3ccccc3O2)O1. The van der Waals surface area contributed by atoms with E-state index in [2.05, 4.69) is 20.4 Å². The zero-order valence-electron chi connectivity index (χ0n) is 14.9. The molecule has 11 nitrogen and oxygen atoms in total. The standard InChI is InChI=1S/C16H14B2N6O5/c19-15-23-21-9-11-5-1-3-7-13(11)25-17(27-15)29-18-26-14-8-4-2-6-12(14)10-22-24-16(20)28-18/h1-10H,(H2,19,23)(H2,20,24). The van der Waals surface area contributed by atoms with Crippen molar-refractivity contribution >= 4 is 39.1 Å². The molecule has 2 aliphatic heterocycles. The van der Waals surface area contributed by atoms with E-state index >= 15 is 0 Å². The zero-order chi connectivity index (χ0) is 20.1. The maximum Gasteiger partial charge on any atom is 0.779 e. The van der Waals surface area contributed by atoms with E-state index in [1.807, 2.05) is 12.1 Å². The lowest BCUT2D eigenvalue weighted by Gasteiger charge is -2.19. The van der Waals surface area contributed by atoms with Crippen LogP contribution < -0.4 is 20.8 Å². The summed E-state index contributed by atoms with van der Waals surface area (Å²) in [5, 5.41) is 15.1. The van der Waals surface area contributed by atoms with Gasteiger partial charge in [-0.1, -0.05) is 34.5 Å². The van der Waals surface area contributed by atoms with Crippen molar-refractivity contribution < 1.29 is 23.2 Å². The van der Waals surface area contributed by atoms with Crippen LogP contribution in [0.4, 0.5) is 0 Å². The Labute approximate surface area is 166 Å². The van der Waals surface area contributed by atoms with E-state index in [1.165, 1.54) is 12.4 Å². The lowest BCUT2D eigenvalue weighted by atomic mass is 10.1. The molecule has 13 heteroatoms. The topological polar surface area (TPSA) is 148 Å². The Morgan fingerprint density at radius 1 is 0.655 bits per heavy atom. The van der Waals surface area contributed by atoms with Gasteiger partial charge in [0.15, 0.2) is 0 Å². The largest absolute Gasteiger partial charge is 0.779 e. The van der Waals surface area contributed by atoms with Crippen molar-refractivity contribution in [3.63, 3.8) is 0 Å². The number of hydrogen-bond acceptors (Lipinski definition) is 11. The number of hydrogen-bond donors (Lipinski definition) is 2. The highest BCUT2D eigenvalue weighted by molar-refractivity contribution is 6.55. The maximum absolute atomic E-state index is 5.75. The summed E-state index contributed by atoms with van der Waals surface area (Å²) in [6, 6.07) is 13.6. The molecule has 0 atom stereocenters. The number of benzene rings is 2. The fraction of sp³-hybridized carbons (Fsp3) is 0.